The zero-order chi connectivity index (χ0) is 11.1. The molecule has 2 heterocycles. The summed E-state index contributed by atoms with van der Waals surface area (Å²) in [5, 5.41) is 0. The van der Waals surface area contributed by atoms with Gasteiger partial charge in [-0.25, -0.2) is 4.99 Å². The van der Waals surface area contributed by atoms with Crippen LogP contribution < -0.4 is 0 Å². The van der Waals surface area contributed by atoms with Crippen LogP contribution in [-0.2, 0) is 0 Å². The number of aliphatic imine (C=N–C) groups is 1. The Balaban J connectivity index is 0.000000531. The standard InChI is InChI=1S/C10H17N3.C2H6/c1-12-6-8-13(9-7-12)10-4-2-3-5-11-10;1-2/h3,5H,2,4,6-9H2,1H3;1-2H3. The zero-order valence-electron chi connectivity index (χ0n) is 10.2. The van der Waals surface area contributed by atoms with Crippen LogP contribution in [0, 0.1) is 0 Å². The Bertz CT molecular complexity index is 225. The highest BCUT2D eigenvalue weighted by Crippen LogP contribution is 2.09. The first-order valence-electron chi connectivity index (χ1n) is 6.01. The number of hydrogen-bond donors (Lipinski definition) is 0. The third-order valence-electron chi connectivity index (χ3n) is 2.73. The monoisotopic (exact) mass is 209 g/mol. The first-order chi connectivity index (χ1) is 7.36. The van der Waals surface area contributed by atoms with Crippen molar-refractivity contribution in [2.45, 2.75) is 26.7 Å². The summed E-state index contributed by atoms with van der Waals surface area (Å²) in [7, 11) is 2.18. The fourth-order valence-corrected chi connectivity index (χ4v) is 1.79. The number of piperazine rings is 1. The predicted molar refractivity (Wildman–Crippen MR) is 66.2 cm³/mol. The second-order valence-electron chi connectivity index (χ2n) is 3.76. The summed E-state index contributed by atoms with van der Waals surface area (Å²) < 4.78 is 0. The molecule has 0 radical (unpaired) electrons. The minimum atomic E-state index is 1.13. The lowest BCUT2D eigenvalue weighted by molar-refractivity contribution is 0.213. The Morgan fingerprint density at radius 3 is 2.33 bits per heavy atom. The quantitative estimate of drug-likeness (QED) is 0.607. The van der Waals surface area contributed by atoms with Crippen LogP contribution in [0.15, 0.2) is 17.3 Å². The lowest BCUT2D eigenvalue weighted by Crippen LogP contribution is -2.47. The number of hydrogen-bond acceptors (Lipinski definition) is 3. The summed E-state index contributed by atoms with van der Waals surface area (Å²) in [6.07, 6.45) is 6.36. The van der Waals surface area contributed by atoms with Gasteiger partial charge in [-0.3, -0.25) is 0 Å². The maximum absolute atomic E-state index is 4.42. The van der Waals surface area contributed by atoms with Gasteiger partial charge in [-0.15, -0.1) is 0 Å². The van der Waals surface area contributed by atoms with E-state index in [2.05, 4.69) is 27.9 Å². The molecule has 3 heteroatoms. The van der Waals surface area contributed by atoms with Crippen LogP contribution in [0.25, 0.3) is 0 Å². The van der Waals surface area contributed by atoms with E-state index in [9.17, 15) is 0 Å². The van der Waals surface area contributed by atoms with Crippen LogP contribution in [0.5, 0.6) is 0 Å². The fourth-order valence-electron chi connectivity index (χ4n) is 1.79. The highest BCUT2D eigenvalue weighted by atomic mass is 15.3. The lowest BCUT2D eigenvalue weighted by Gasteiger charge is -2.35. The molecule has 0 aromatic heterocycles. The largest absolute Gasteiger partial charge is 0.357 e. The topological polar surface area (TPSA) is 18.8 Å². The molecule has 1 fully saturated rings. The molecule has 0 N–H and O–H groups in total. The number of rotatable bonds is 0. The van der Waals surface area contributed by atoms with Crippen LogP contribution in [0.2, 0.25) is 0 Å². The average molecular weight is 209 g/mol. The second kappa shape index (κ2) is 6.62. The summed E-state index contributed by atoms with van der Waals surface area (Å²) in [6, 6.07) is 0. The Morgan fingerprint density at radius 2 is 1.80 bits per heavy atom. The normalized spacial score (nSPS) is 21.8. The molecule has 15 heavy (non-hydrogen) atoms. The Morgan fingerprint density at radius 1 is 1.13 bits per heavy atom. The Kier molecular flexibility index (Phi) is 5.40. The van der Waals surface area contributed by atoms with Gasteiger partial charge >= 0.3 is 0 Å². The molecule has 2 aliphatic heterocycles. The van der Waals surface area contributed by atoms with Crippen molar-refractivity contribution in [2.75, 3.05) is 33.2 Å². The average Bonchev–Trinajstić information content (AvgIpc) is 2.34. The van der Waals surface area contributed by atoms with Crippen molar-refractivity contribution in [1.82, 2.24) is 9.80 Å². The summed E-state index contributed by atoms with van der Waals surface area (Å²) in [6.45, 7) is 8.62. The van der Waals surface area contributed by atoms with E-state index in [1.165, 1.54) is 18.9 Å². The van der Waals surface area contributed by atoms with Gasteiger partial charge in [-0.1, -0.05) is 19.9 Å². The Hall–Kier alpha value is -0.830. The molecular weight excluding hydrogens is 186 g/mol. The van der Waals surface area contributed by atoms with E-state index in [0.29, 0.717) is 0 Å². The van der Waals surface area contributed by atoms with Crippen molar-refractivity contribution < 1.29 is 0 Å². The summed E-state index contributed by atoms with van der Waals surface area (Å²) in [4.78, 5) is 9.21. The van der Waals surface area contributed by atoms with Gasteiger partial charge in [-0.05, 0) is 13.5 Å². The molecule has 0 aromatic rings. The van der Waals surface area contributed by atoms with E-state index in [4.69, 9.17) is 0 Å². The van der Waals surface area contributed by atoms with Crippen molar-refractivity contribution >= 4 is 5.84 Å². The molecule has 2 aliphatic rings. The predicted octanol–water partition coefficient (Wildman–Crippen LogP) is 1.97. The van der Waals surface area contributed by atoms with E-state index in [1.54, 1.807) is 0 Å². The Labute approximate surface area is 93.5 Å². The van der Waals surface area contributed by atoms with Gasteiger partial charge in [0.05, 0.1) is 0 Å². The molecule has 2 rings (SSSR count). The van der Waals surface area contributed by atoms with Gasteiger partial charge in [0.2, 0.25) is 0 Å². The molecule has 0 spiro atoms. The molecule has 0 aromatic carbocycles. The maximum Gasteiger partial charge on any atom is 0.104 e. The molecule has 0 saturated carbocycles. The molecule has 0 amide bonds. The number of allylic oxidation sites excluding steroid dienone is 1. The van der Waals surface area contributed by atoms with Crippen molar-refractivity contribution in [1.29, 1.82) is 0 Å². The first-order valence-corrected chi connectivity index (χ1v) is 6.01. The van der Waals surface area contributed by atoms with E-state index in [1.807, 2.05) is 20.0 Å². The molecule has 0 aliphatic carbocycles. The highest BCUT2D eigenvalue weighted by Gasteiger charge is 2.17. The van der Waals surface area contributed by atoms with Crippen LogP contribution in [0.4, 0.5) is 0 Å². The van der Waals surface area contributed by atoms with Crippen LogP contribution in [-0.4, -0.2) is 48.9 Å². The summed E-state index contributed by atoms with van der Waals surface area (Å²) in [5.74, 6) is 1.29. The SMILES string of the molecule is CC.CN1CCN(C2=NC=CCC2)CC1. The van der Waals surface area contributed by atoms with Gasteiger partial charge in [0.1, 0.15) is 5.84 Å². The minimum Gasteiger partial charge on any atom is -0.357 e. The molecular formula is C12H23N3. The summed E-state index contributed by atoms with van der Waals surface area (Å²) >= 11 is 0. The van der Waals surface area contributed by atoms with Gasteiger partial charge in [0.15, 0.2) is 0 Å². The third kappa shape index (κ3) is 3.67. The van der Waals surface area contributed by atoms with E-state index in [0.717, 1.165) is 25.9 Å². The maximum atomic E-state index is 4.42. The van der Waals surface area contributed by atoms with Crippen molar-refractivity contribution in [3.05, 3.63) is 12.3 Å². The number of amidine groups is 1. The number of likely N-dealkylation sites (N-methyl/N-ethyl adjacent to an activating group) is 1. The smallest absolute Gasteiger partial charge is 0.104 e. The molecule has 3 nitrogen and oxygen atoms in total. The lowest BCUT2D eigenvalue weighted by atomic mass is 10.2. The van der Waals surface area contributed by atoms with Crippen LogP contribution in [0.1, 0.15) is 26.7 Å². The van der Waals surface area contributed by atoms with Gasteiger partial charge in [-0.2, -0.15) is 0 Å². The van der Waals surface area contributed by atoms with Gasteiger partial charge in [0, 0.05) is 38.8 Å². The van der Waals surface area contributed by atoms with E-state index < -0.39 is 0 Å². The second-order valence-corrected chi connectivity index (χ2v) is 3.76. The van der Waals surface area contributed by atoms with Gasteiger partial charge < -0.3 is 9.80 Å². The first kappa shape index (κ1) is 12.2. The number of nitrogens with zero attached hydrogens (tertiary/aromatic N) is 3. The molecule has 86 valence electrons. The molecule has 0 unspecified atom stereocenters. The van der Waals surface area contributed by atoms with E-state index in [-0.39, 0.29) is 0 Å². The van der Waals surface area contributed by atoms with E-state index >= 15 is 0 Å². The van der Waals surface area contributed by atoms with Gasteiger partial charge in [0.25, 0.3) is 0 Å². The summed E-state index contributed by atoms with van der Waals surface area (Å²) in [5.41, 5.74) is 0. The molecule has 0 bridgehead atoms. The zero-order valence-corrected chi connectivity index (χ0v) is 10.2. The van der Waals surface area contributed by atoms with Crippen LogP contribution >= 0.6 is 0 Å². The van der Waals surface area contributed by atoms with Crippen molar-refractivity contribution in [3.63, 3.8) is 0 Å². The molecule has 0 atom stereocenters. The molecule has 1 saturated heterocycles. The third-order valence-corrected chi connectivity index (χ3v) is 2.73. The van der Waals surface area contributed by atoms with Crippen molar-refractivity contribution in [2.24, 2.45) is 4.99 Å². The minimum absolute atomic E-state index is 1.13. The fraction of sp³-hybridized carbons (Fsp3) is 0.750. The highest BCUT2D eigenvalue weighted by molar-refractivity contribution is 5.83. The van der Waals surface area contributed by atoms with Crippen LogP contribution in [0.3, 0.4) is 0 Å². The van der Waals surface area contributed by atoms with Crippen molar-refractivity contribution in [3.8, 4) is 0 Å².